The Morgan fingerprint density at radius 3 is 2.24 bits per heavy atom. The van der Waals surface area contributed by atoms with Crippen molar-refractivity contribution < 1.29 is 9.18 Å². The van der Waals surface area contributed by atoms with Crippen molar-refractivity contribution in [2.75, 3.05) is 14.1 Å². The lowest BCUT2D eigenvalue weighted by atomic mass is 10.1. The van der Waals surface area contributed by atoms with Crippen LogP contribution in [-0.4, -0.2) is 39.7 Å². The summed E-state index contributed by atoms with van der Waals surface area (Å²) in [7, 11) is 3.48. The van der Waals surface area contributed by atoms with E-state index in [1.807, 2.05) is 53.1 Å². The van der Waals surface area contributed by atoms with Gasteiger partial charge in [-0.3, -0.25) is 4.79 Å². The van der Waals surface area contributed by atoms with E-state index in [4.69, 9.17) is 0 Å². The molecule has 0 aliphatic heterocycles. The predicted molar refractivity (Wildman–Crippen MR) is 129 cm³/mol. The van der Waals surface area contributed by atoms with Crippen LogP contribution in [0, 0.1) is 5.82 Å². The lowest BCUT2D eigenvalue weighted by Crippen LogP contribution is -2.27. The number of nitrogens with zero attached hydrogens (tertiary/aromatic N) is 4. The van der Waals surface area contributed by atoms with Gasteiger partial charge in [0.25, 0.3) is 0 Å². The average Bonchev–Trinajstić information content (AvgIpc) is 3.24. The van der Waals surface area contributed by atoms with Crippen molar-refractivity contribution in [3.8, 4) is 11.4 Å². The number of hydrogen-bond acceptors (Lipinski definition) is 4. The Bertz CT molecular complexity index is 1210. The number of likely N-dealkylation sites (N-methyl/N-ethyl adjacent to an activating group) is 1. The van der Waals surface area contributed by atoms with E-state index in [2.05, 4.69) is 22.3 Å². The third kappa shape index (κ3) is 5.31. The molecule has 0 spiro atoms. The molecule has 0 bridgehead atoms. The molecule has 0 radical (unpaired) electrons. The van der Waals surface area contributed by atoms with Crippen LogP contribution in [-0.2, 0) is 17.8 Å². The van der Waals surface area contributed by atoms with Gasteiger partial charge in [0.2, 0.25) is 5.91 Å². The van der Waals surface area contributed by atoms with E-state index < -0.39 is 5.25 Å². The first kappa shape index (κ1) is 22.7. The molecule has 0 N–H and O–H groups in total. The largest absolute Gasteiger partial charge is 0.348 e. The first-order chi connectivity index (χ1) is 16.0. The fraction of sp³-hybridized carbons (Fsp3) is 0.192. The maximum absolute atomic E-state index is 14.6. The first-order valence-electron chi connectivity index (χ1n) is 10.7. The zero-order valence-electron chi connectivity index (χ0n) is 18.6. The van der Waals surface area contributed by atoms with Crippen LogP contribution in [0.25, 0.3) is 11.4 Å². The fourth-order valence-corrected chi connectivity index (χ4v) is 4.74. The topological polar surface area (TPSA) is 51.0 Å². The van der Waals surface area contributed by atoms with Crippen molar-refractivity contribution in [2.45, 2.75) is 23.4 Å². The van der Waals surface area contributed by atoms with Crippen molar-refractivity contribution in [3.63, 3.8) is 0 Å². The van der Waals surface area contributed by atoms with Crippen LogP contribution in [0.2, 0.25) is 0 Å². The van der Waals surface area contributed by atoms with E-state index in [0.29, 0.717) is 23.1 Å². The summed E-state index contributed by atoms with van der Waals surface area (Å²) < 4.78 is 16.6. The monoisotopic (exact) mass is 460 g/mol. The van der Waals surface area contributed by atoms with E-state index in [1.165, 1.54) is 17.8 Å². The molecule has 1 heterocycles. The van der Waals surface area contributed by atoms with Crippen LogP contribution >= 0.6 is 11.8 Å². The Morgan fingerprint density at radius 2 is 1.58 bits per heavy atom. The number of carbonyl (C=O) groups is 1. The minimum absolute atomic E-state index is 0.0451. The molecule has 0 fully saturated rings. The summed E-state index contributed by atoms with van der Waals surface area (Å²) >= 11 is 1.34. The van der Waals surface area contributed by atoms with Crippen molar-refractivity contribution in [1.29, 1.82) is 0 Å². The van der Waals surface area contributed by atoms with Crippen LogP contribution in [0.4, 0.5) is 4.39 Å². The van der Waals surface area contributed by atoms with Crippen molar-refractivity contribution in [1.82, 2.24) is 19.7 Å². The Hall–Kier alpha value is -3.45. The summed E-state index contributed by atoms with van der Waals surface area (Å²) in [5, 5.41) is 8.81. The van der Waals surface area contributed by atoms with Gasteiger partial charge in [-0.15, -0.1) is 10.2 Å². The second kappa shape index (κ2) is 10.4. The van der Waals surface area contributed by atoms with Crippen LogP contribution in [0.1, 0.15) is 16.4 Å². The van der Waals surface area contributed by atoms with Gasteiger partial charge in [-0.2, -0.15) is 0 Å². The molecule has 5 nitrogen and oxygen atoms in total. The van der Waals surface area contributed by atoms with E-state index in [9.17, 15) is 9.18 Å². The van der Waals surface area contributed by atoms with Gasteiger partial charge in [-0.05, 0) is 29.7 Å². The summed E-state index contributed by atoms with van der Waals surface area (Å²) in [5.41, 5.74) is 2.43. The van der Waals surface area contributed by atoms with Gasteiger partial charge < -0.3 is 9.47 Å². The molecule has 0 saturated heterocycles. The van der Waals surface area contributed by atoms with Crippen LogP contribution in [0.5, 0.6) is 0 Å². The first-order valence-corrected chi connectivity index (χ1v) is 11.6. The number of benzene rings is 3. The maximum atomic E-state index is 14.6. The van der Waals surface area contributed by atoms with Gasteiger partial charge in [0.15, 0.2) is 11.0 Å². The average molecular weight is 461 g/mol. The van der Waals surface area contributed by atoms with Gasteiger partial charge in [-0.1, -0.05) is 84.6 Å². The molecular weight excluding hydrogens is 435 g/mol. The lowest BCUT2D eigenvalue weighted by Gasteiger charge is -2.20. The van der Waals surface area contributed by atoms with E-state index in [0.717, 1.165) is 17.5 Å². The smallest absolute Gasteiger partial charge is 0.240 e. The van der Waals surface area contributed by atoms with E-state index in [1.54, 1.807) is 37.2 Å². The molecular formula is C26H25FN4OS. The second-order valence-electron chi connectivity index (χ2n) is 7.81. The van der Waals surface area contributed by atoms with E-state index >= 15 is 0 Å². The second-order valence-corrected chi connectivity index (χ2v) is 8.89. The highest BCUT2D eigenvalue weighted by Crippen LogP contribution is 2.37. The molecule has 1 atom stereocenters. The molecule has 33 heavy (non-hydrogen) atoms. The predicted octanol–water partition coefficient (Wildman–Crippen LogP) is 5.25. The summed E-state index contributed by atoms with van der Waals surface area (Å²) in [6, 6.07) is 26.3. The molecule has 3 aromatic carbocycles. The number of aromatic nitrogens is 3. The highest BCUT2D eigenvalue weighted by atomic mass is 32.2. The molecule has 0 unspecified atom stereocenters. The standard InChI is InChI=1S/C26H25FN4OS/c1-30(2)25(32)23(20-13-7-4-8-14-20)33-26-29-28-24(21-15-9-10-16-22(21)27)31(26)18-17-19-11-5-3-6-12-19/h3-16,23H,17-18H2,1-2H3/t23-/m0/s1. The summed E-state index contributed by atoms with van der Waals surface area (Å²) in [4.78, 5) is 14.6. The van der Waals surface area contributed by atoms with Gasteiger partial charge in [0.1, 0.15) is 11.1 Å². The van der Waals surface area contributed by atoms with E-state index in [-0.39, 0.29) is 11.7 Å². The molecule has 0 aliphatic carbocycles. The zero-order valence-corrected chi connectivity index (χ0v) is 19.4. The number of carbonyl (C=O) groups excluding carboxylic acids is 1. The Balaban J connectivity index is 1.73. The molecule has 168 valence electrons. The molecule has 1 aromatic heterocycles. The van der Waals surface area contributed by atoms with Gasteiger partial charge in [0.05, 0.1) is 5.56 Å². The Labute approximate surface area is 197 Å². The molecule has 4 rings (SSSR count). The summed E-state index contributed by atoms with van der Waals surface area (Å²) in [5.74, 6) is 0.0540. The molecule has 0 aliphatic rings. The molecule has 1 amide bonds. The third-order valence-electron chi connectivity index (χ3n) is 5.29. The SMILES string of the molecule is CN(C)C(=O)[C@@H](Sc1nnc(-c2ccccc2F)n1CCc1ccccc1)c1ccccc1. The lowest BCUT2D eigenvalue weighted by molar-refractivity contribution is -0.128. The fourth-order valence-electron chi connectivity index (χ4n) is 3.53. The number of halogens is 1. The molecule has 7 heteroatoms. The Morgan fingerprint density at radius 1 is 0.939 bits per heavy atom. The summed E-state index contributed by atoms with van der Waals surface area (Å²) in [6.07, 6.45) is 0.728. The van der Waals surface area contributed by atoms with Crippen LogP contribution in [0.3, 0.4) is 0 Å². The molecule has 0 saturated carbocycles. The zero-order chi connectivity index (χ0) is 23.2. The summed E-state index contributed by atoms with van der Waals surface area (Å²) in [6.45, 7) is 0.556. The number of aryl methyl sites for hydroxylation is 1. The number of thioether (sulfide) groups is 1. The third-order valence-corrected chi connectivity index (χ3v) is 6.51. The number of rotatable bonds is 8. The number of hydrogen-bond donors (Lipinski definition) is 0. The van der Waals surface area contributed by atoms with Crippen LogP contribution < -0.4 is 0 Å². The highest BCUT2D eigenvalue weighted by Gasteiger charge is 2.27. The molecule has 4 aromatic rings. The van der Waals surface area contributed by atoms with Crippen molar-refractivity contribution in [3.05, 3.63) is 102 Å². The normalized spacial score (nSPS) is 11.8. The minimum Gasteiger partial charge on any atom is -0.348 e. The van der Waals surface area contributed by atoms with Gasteiger partial charge in [-0.25, -0.2) is 4.39 Å². The van der Waals surface area contributed by atoms with Crippen molar-refractivity contribution >= 4 is 17.7 Å². The van der Waals surface area contributed by atoms with Gasteiger partial charge >= 0.3 is 0 Å². The number of amides is 1. The Kier molecular flexibility index (Phi) is 7.19. The van der Waals surface area contributed by atoms with Crippen LogP contribution in [0.15, 0.2) is 90.1 Å². The van der Waals surface area contributed by atoms with Crippen molar-refractivity contribution in [2.24, 2.45) is 0 Å². The van der Waals surface area contributed by atoms with Gasteiger partial charge in [0, 0.05) is 20.6 Å². The maximum Gasteiger partial charge on any atom is 0.240 e. The minimum atomic E-state index is -0.491. The highest BCUT2D eigenvalue weighted by molar-refractivity contribution is 8.00. The quantitative estimate of drug-likeness (QED) is 0.337.